The topological polar surface area (TPSA) is 132 Å². The SMILES string of the molecule is Cc1ccc(C)c(Nc2nc(O)nc(Nc3ccc(NC4=CC=C5C6C(=CC(=O)N5C)c5ccccc5C(=O)C46)c(C)c3)n2)c1. The van der Waals surface area contributed by atoms with Gasteiger partial charge in [0.15, 0.2) is 5.78 Å². The van der Waals surface area contributed by atoms with Gasteiger partial charge in [-0.2, -0.15) is 15.0 Å². The van der Waals surface area contributed by atoms with Crippen molar-refractivity contribution in [1.82, 2.24) is 19.9 Å². The molecule has 3 aromatic carbocycles. The average Bonchev–Trinajstić information content (AvgIpc) is 3.01. The molecule has 2 heterocycles. The Morgan fingerprint density at radius 1 is 0.756 bits per heavy atom. The molecule has 1 aromatic heterocycles. The van der Waals surface area contributed by atoms with Crippen molar-refractivity contribution in [2.75, 3.05) is 23.0 Å². The Bertz CT molecular complexity index is 2010. The number of carbonyl (C=O) groups excluding carboxylic acids is 2. The maximum atomic E-state index is 13.9. The van der Waals surface area contributed by atoms with Gasteiger partial charge in [-0.1, -0.05) is 36.4 Å². The zero-order valence-electron chi connectivity index (χ0n) is 25.2. The largest absolute Gasteiger partial charge is 0.479 e. The number of Topliss-reactive ketones (excluding diaryl/α,β-unsaturated/α-hetero) is 1. The molecule has 10 nitrogen and oxygen atoms in total. The zero-order chi connectivity index (χ0) is 31.4. The predicted molar refractivity (Wildman–Crippen MR) is 173 cm³/mol. The molecule has 0 bridgehead atoms. The van der Waals surface area contributed by atoms with Gasteiger partial charge in [0, 0.05) is 53.1 Å². The van der Waals surface area contributed by atoms with Crippen LogP contribution in [0.15, 0.2) is 90.3 Å². The first-order chi connectivity index (χ1) is 21.7. The molecule has 0 fully saturated rings. The molecule has 0 saturated heterocycles. The maximum absolute atomic E-state index is 13.9. The maximum Gasteiger partial charge on any atom is 0.320 e. The van der Waals surface area contributed by atoms with Crippen molar-refractivity contribution >= 4 is 46.2 Å². The third-order valence-corrected chi connectivity index (χ3v) is 8.56. The minimum atomic E-state index is -0.491. The van der Waals surface area contributed by atoms with Crippen molar-refractivity contribution in [2.24, 2.45) is 11.8 Å². The van der Waals surface area contributed by atoms with Crippen LogP contribution < -0.4 is 16.0 Å². The second-order valence-electron chi connectivity index (χ2n) is 11.6. The summed E-state index contributed by atoms with van der Waals surface area (Å²) in [6.45, 7) is 5.94. The number of benzene rings is 3. The van der Waals surface area contributed by atoms with E-state index < -0.39 is 11.9 Å². The van der Waals surface area contributed by atoms with E-state index in [2.05, 4.69) is 30.9 Å². The fourth-order valence-electron chi connectivity index (χ4n) is 6.25. The van der Waals surface area contributed by atoms with E-state index in [4.69, 9.17) is 0 Å². The van der Waals surface area contributed by atoms with Gasteiger partial charge in [-0.3, -0.25) is 9.59 Å². The van der Waals surface area contributed by atoms with E-state index in [1.807, 2.05) is 93.6 Å². The summed E-state index contributed by atoms with van der Waals surface area (Å²) in [7, 11) is 1.75. The standard InChI is InChI=1S/C35H31N7O3/c1-18-9-10-19(2)27(15-18)38-34-39-33(40-35(45)41-34)36-21-11-12-25(20(3)16-21)37-26-13-14-28-30-24(17-29(43)42(28)4)22-7-5-6-8-23(22)32(44)31(26)30/h5-17,30-31,37H,1-4H3,(H3,36,38,39,40,41,45). The smallest absolute Gasteiger partial charge is 0.320 e. The Morgan fingerprint density at radius 2 is 1.51 bits per heavy atom. The normalized spacial score (nSPS) is 18.3. The highest BCUT2D eigenvalue weighted by Gasteiger charge is 2.47. The molecule has 7 rings (SSSR count). The van der Waals surface area contributed by atoms with Gasteiger partial charge >= 0.3 is 6.01 Å². The summed E-state index contributed by atoms with van der Waals surface area (Å²) < 4.78 is 0. The van der Waals surface area contributed by atoms with Gasteiger partial charge in [0.1, 0.15) is 0 Å². The second-order valence-corrected chi connectivity index (χ2v) is 11.6. The quantitative estimate of drug-likeness (QED) is 0.206. The molecule has 0 saturated carbocycles. The molecule has 4 N–H and O–H groups in total. The lowest BCUT2D eigenvalue weighted by atomic mass is 9.66. The summed E-state index contributed by atoms with van der Waals surface area (Å²) in [6, 6.07) is 18.8. The van der Waals surface area contributed by atoms with E-state index in [1.54, 1.807) is 18.0 Å². The number of amides is 1. The molecule has 224 valence electrons. The number of nitrogens with zero attached hydrogens (tertiary/aromatic N) is 4. The highest BCUT2D eigenvalue weighted by Crippen LogP contribution is 2.50. The molecule has 45 heavy (non-hydrogen) atoms. The Kier molecular flexibility index (Phi) is 6.69. The van der Waals surface area contributed by atoms with E-state index in [-0.39, 0.29) is 29.5 Å². The van der Waals surface area contributed by atoms with Crippen LogP contribution in [-0.4, -0.2) is 43.7 Å². The lowest BCUT2D eigenvalue weighted by Gasteiger charge is -2.43. The Balaban J connectivity index is 1.15. The van der Waals surface area contributed by atoms with Crippen molar-refractivity contribution in [3.8, 4) is 6.01 Å². The average molecular weight is 598 g/mol. The van der Waals surface area contributed by atoms with E-state index in [9.17, 15) is 14.7 Å². The number of allylic oxidation sites excluding steroid dienone is 4. The van der Waals surface area contributed by atoms with Gasteiger partial charge in [0.25, 0.3) is 5.91 Å². The number of likely N-dealkylation sites (N-methyl/N-ethyl adjacent to an activating group) is 1. The van der Waals surface area contributed by atoms with Crippen molar-refractivity contribution in [2.45, 2.75) is 20.8 Å². The number of aromatic hydroxyl groups is 1. The van der Waals surface area contributed by atoms with Crippen LogP contribution in [-0.2, 0) is 4.79 Å². The number of ketones is 1. The molecule has 4 aromatic rings. The number of aromatic nitrogens is 3. The third-order valence-electron chi connectivity index (χ3n) is 8.56. The molecule has 2 unspecified atom stereocenters. The lowest BCUT2D eigenvalue weighted by molar-refractivity contribution is -0.123. The molecule has 0 radical (unpaired) electrons. The molecule has 3 aliphatic rings. The molecule has 1 amide bonds. The van der Waals surface area contributed by atoms with Crippen LogP contribution in [0.2, 0.25) is 0 Å². The Morgan fingerprint density at radius 3 is 2.29 bits per heavy atom. The van der Waals surface area contributed by atoms with Gasteiger partial charge in [-0.15, -0.1) is 0 Å². The van der Waals surface area contributed by atoms with Gasteiger partial charge in [-0.25, -0.2) is 0 Å². The first kappa shape index (κ1) is 28.0. The van der Waals surface area contributed by atoms with Crippen molar-refractivity contribution < 1.29 is 14.7 Å². The predicted octanol–water partition coefficient (Wildman–Crippen LogP) is 6.17. The highest BCUT2D eigenvalue weighted by molar-refractivity contribution is 6.12. The van der Waals surface area contributed by atoms with E-state index >= 15 is 0 Å². The number of aryl methyl sites for hydroxylation is 3. The van der Waals surface area contributed by atoms with Crippen LogP contribution >= 0.6 is 0 Å². The van der Waals surface area contributed by atoms with E-state index in [0.29, 0.717) is 11.3 Å². The van der Waals surface area contributed by atoms with Gasteiger partial charge < -0.3 is 26.0 Å². The van der Waals surface area contributed by atoms with Crippen LogP contribution in [0.25, 0.3) is 5.57 Å². The van der Waals surface area contributed by atoms with E-state index in [1.165, 1.54) is 0 Å². The van der Waals surface area contributed by atoms with Crippen LogP contribution in [0, 0.1) is 32.6 Å². The summed E-state index contributed by atoms with van der Waals surface area (Å²) in [5.74, 6) is -0.422. The first-order valence-electron chi connectivity index (χ1n) is 14.6. The number of nitrogens with one attached hydrogen (secondary N) is 3. The fourth-order valence-corrected chi connectivity index (χ4v) is 6.25. The van der Waals surface area contributed by atoms with Crippen molar-refractivity contribution in [3.05, 3.63) is 118 Å². The zero-order valence-corrected chi connectivity index (χ0v) is 25.2. The number of rotatable bonds is 6. The molecule has 0 spiro atoms. The third kappa shape index (κ3) is 5.00. The number of anilines is 5. The Labute approximate surface area is 260 Å². The highest BCUT2D eigenvalue weighted by atomic mass is 16.3. The fraction of sp³-hybridized carbons (Fsp3) is 0.171. The lowest BCUT2D eigenvalue weighted by Crippen LogP contribution is -2.44. The molecule has 2 atom stereocenters. The summed E-state index contributed by atoms with van der Waals surface area (Å²) in [6.07, 6.45) is 5.49. The van der Waals surface area contributed by atoms with Gasteiger partial charge in [0.05, 0.1) is 5.92 Å². The van der Waals surface area contributed by atoms with Crippen LogP contribution in [0.1, 0.15) is 32.6 Å². The van der Waals surface area contributed by atoms with Crippen LogP contribution in [0.3, 0.4) is 0 Å². The minimum Gasteiger partial charge on any atom is -0.479 e. The summed E-state index contributed by atoms with van der Waals surface area (Å²) in [5, 5.41) is 20.0. The molecular weight excluding hydrogens is 566 g/mol. The molecule has 10 heteroatoms. The molecule has 2 aliphatic carbocycles. The summed E-state index contributed by atoms with van der Waals surface area (Å²) >= 11 is 0. The van der Waals surface area contributed by atoms with Crippen LogP contribution in [0.5, 0.6) is 6.01 Å². The number of carbonyl (C=O) groups is 2. The molecule has 1 aliphatic heterocycles. The van der Waals surface area contributed by atoms with Crippen LogP contribution in [0.4, 0.5) is 29.0 Å². The summed E-state index contributed by atoms with van der Waals surface area (Å²) in [5.41, 5.74) is 9.30. The van der Waals surface area contributed by atoms with Crippen molar-refractivity contribution in [1.29, 1.82) is 0 Å². The number of hydrogen-bond donors (Lipinski definition) is 4. The Hall–Kier alpha value is -5.77. The van der Waals surface area contributed by atoms with Gasteiger partial charge in [-0.05, 0) is 85.0 Å². The molecular formula is C35H31N7O3. The summed E-state index contributed by atoms with van der Waals surface area (Å²) in [4.78, 5) is 40.9. The number of hydrogen-bond acceptors (Lipinski definition) is 9. The van der Waals surface area contributed by atoms with Gasteiger partial charge in [0.2, 0.25) is 11.9 Å². The minimum absolute atomic E-state index is 0.0238. The van der Waals surface area contributed by atoms with Crippen molar-refractivity contribution in [3.63, 3.8) is 0 Å². The monoisotopic (exact) mass is 597 g/mol. The van der Waals surface area contributed by atoms with E-state index in [0.717, 1.165) is 50.6 Å². The number of fused-ring (bicyclic) bond motifs is 2. The second kappa shape index (κ2) is 10.7. The first-order valence-corrected chi connectivity index (χ1v) is 14.6.